The molecule has 1 saturated heterocycles. The summed E-state index contributed by atoms with van der Waals surface area (Å²) in [5.74, 6) is 0. The van der Waals surface area contributed by atoms with Crippen LogP contribution in [-0.4, -0.2) is 12.2 Å². The first kappa shape index (κ1) is 19.5. The van der Waals surface area contributed by atoms with E-state index in [0.717, 1.165) is 19.3 Å². The lowest BCUT2D eigenvalue weighted by molar-refractivity contribution is 0.0824. The average molecular weight is 252 g/mol. The van der Waals surface area contributed by atoms with Gasteiger partial charge in [-0.1, -0.05) is 65.8 Å². The third kappa shape index (κ3) is 8.30. The van der Waals surface area contributed by atoms with E-state index in [2.05, 4.69) is 32.2 Å². The fraction of sp³-hybridized carbons (Fsp3) is 0.647. The molecule has 0 amide bonds. The second-order valence-corrected chi connectivity index (χ2v) is 3.77. The van der Waals surface area contributed by atoms with Crippen molar-refractivity contribution in [2.45, 2.75) is 72.5 Å². The third-order valence-corrected chi connectivity index (χ3v) is 2.44. The van der Waals surface area contributed by atoms with Crippen LogP contribution in [0.1, 0.15) is 60.3 Å². The van der Waals surface area contributed by atoms with Crippen LogP contribution in [0.2, 0.25) is 0 Å². The Morgan fingerprint density at radius 1 is 1.28 bits per heavy atom. The molecule has 0 saturated carbocycles. The van der Waals surface area contributed by atoms with Crippen LogP contribution in [0.25, 0.3) is 0 Å². The Morgan fingerprint density at radius 3 is 2.39 bits per heavy atom. The summed E-state index contributed by atoms with van der Waals surface area (Å²) >= 11 is 0. The lowest BCUT2D eigenvalue weighted by atomic mass is 10.1. The van der Waals surface area contributed by atoms with Gasteiger partial charge in [-0.15, -0.1) is 6.58 Å². The first-order valence-electron chi connectivity index (χ1n) is 7.38. The van der Waals surface area contributed by atoms with E-state index in [9.17, 15) is 0 Å². The van der Waals surface area contributed by atoms with Crippen molar-refractivity contribution in [2.24, 2.45) is 0 Å². The molecular weight excluding hydrogens is 220 g/mol. The van der Waals surface area contributed by atoms with E-state index in [1.807, 2.05) is 33.8 Å². The predicted molar refractivity (Wildman–Crippen MR) is 84.0 cm³/mol. The van der Waals surface area contributed by atoms with Crippen LogP contribution in [0.5, 0.6) is 0 Å². The van der Waals surface area contributed by atoms with E-state index in [1.165, 1.54) is 12.0 Å². The Kier molecular flexibility index (Phi) is 15.4. The molecule has 0 bridgehead atoms. The van der Waals surface area contributed by atoms with Crippen LogP contribution in [-0.2, 0) is 4.74 Å². The number of ether oxygens (including phenoxy) is 1. The summed E-state index contributed by atoms with van der Waals surface area (Å²) in [4.78, 5) is 0. The second-order valence-electron chi connectivity index (χ2n) is 3.77. The van der Waals surface area contributed by atoms with Crippen LogP contribution in [0.3, 0.4) is 0 Å². The average Bonchev–Trinajstić information content (AvgIpc) is 2.76. The van der Waals surface area contributed by atoms with Gasteiger partial charge >= 0.3 is 0 Å². The zero-order valence-electron chi connectivity index (χ0n) is 13.0. The summed E-state index contributed by atoms with van der Waals surface area (Å²) in [6.07, 6.45) is 10.9. The third-order valence-electron chi connectivity index (χ3n) is 2.44. The molecule has 0 radical (unpaired) electrons. The van der Waals surface area contributed by atoms with Gasteiger partial charge in [-0.2, -0.15) is 0 Å². The van der Waals surface area contributed by atoms with Crippen LogP contribution in [0, 0.1) is 0 Å². The Morgan fingerprint density at radius 2 is 1.89 bits per heavy atom. The van der Waals surface area contributed by atoms with Gasteiger partial charge in [0.15, 0.2) is 0 Å². The van der Waals surface area contributed by atoms with Gasteiger partial charge in [-0.25, -0.2) is 0 Å². The lowest BCUT2D eigenvalue weighted by Crippen LogP contribution is -2.08. The summed E-state index contributed by atoms with van der Waals surface area (Å²) in [6, 6.07) is 0. The van der Waals surface area contributed by atoms with Gasteiger partial charge in [0, 0.05) is 6.42 Å². The first-order chi connectivity index (χ1) is 8.77. The molecule has 1 heteroatoms. The molecule has 0 aromatic rings. The number of hydrogen-bond donors (Lipinski definition) is 0. The van der Waals surface area contributed by atoms with E-state index in [-0.39, 0.29) is 12.2 Å². The molecule has 0 aromatic heterocycles. The van der Waals surface area contributed by atoms with Crippen molar-refractivity contribution in [3.05, 3.63) is 37.0 Å². The van der Waals surface area contributed by atoms with E-state index < -0.39 is 0 Å². The summed E-state index contributed by atoms with van der Waals surface area (Å²) < 4.78 is 5.80. The SMILES string of the molecule is C=CC[C@@H]1OC(C=CCCC)CC1=C.CC.CC. The van der Waals surface area contributed by atoms with E-state index in [0.29, 0.717) is 0 Å². The van der Waals surface area contributed by atoms with Crippen molar-refractivity contribution in [3.63, 3.8) is 0 Å². The molecule has 0 N–H and O–H groups in total. The molecule has 0 aliphatic carbocycles. The van der Waals surface area contributed by atoms with Crippen molar-refractivity contribution in [3.8, 4) is 0 Å². The van der Waals surface area contributed by atoms with E-state index >= 15 is 0 Å². The highest BCUT2D eigenvalue weighted by molar-refractivity contribution is 5.14. The minimum Gasteiger partial charge on any atom is -0.366 e. The first-order valence-corrected chi connectivity index (χ1v) is 7.38. The zero-order valence-corrected chi connectivity index (χ0v) is 13.0. The standard InChI is InChI=1S/C13H20O.2C2H6/c1-4-6-7-9-12-10-11(3)13(14-12)8-5-2;2*1-2/h5,7,9,12-13H,2-4,6,8,10H2,1H3;2*1-2H3/t12?,13-;;/m0../s1. The topological polar surface area (TPSA) is 9.23 Å². The van der Waals surface area contributed by atoms with E-state index in [1.54, 1.807) is 0 Å². The molecule has 1 unspecified atom stereocenters. The molecule has 106 valence electrons. The minimum atomic E-state index is 0.198. The van der Waals surface area contributed by atoms with Gasteiger partial charge in [0.1, 0.15) is 0 Å². The molecule has 1 nitrogen and oxygen atoms in total. The number of allylic oxidation sites excluding steroid dienone is 1. The summed E-state index contributed by atoms with van der Waals surface area (Å²) in [6.45, 7) is 17.9. The molecule has 1 fully saturated rings. The van der Waals surface area contributed by atoms with Gasteiger partial charge in [0.05, 0.1) is 12.2 Å². The monoisotopic (exact) mass is 252 g/mol. The molecule has 1 rings (SSSR count). The number of rotatable bonds is 5. The van der Waals surface area contributed by atoms with Crippen LogP contribution in [0.15, 0.2) is 37.0 Å². The highest BCUT2D eigenvalue weighted by atomic mass is 16.5. The second kappa shape index (κ2) is 14.2. The maximum Gasteiger partial charge on any atom is 0.0826 e. The highest BCUT2D eigenvalue weighted by Gasteiger charge is 2.25. The highest BCUT2D eigenvalue weighted by Crippen LogP contribution is 2.27. The molecule has 0 spiro atoms. The Bertz CT molecular complexity index is 228. The largest absolute Gasteiger partial charge is 0.366 e. The maximum absolute atomic E-state index is 5.80. The van der Waals surface area contributed by atoms with Crippen LogP contribution in [0.4, 0.5) is 0 Å². The van der Waals surface area contributed by atoms with Crippen molar-refractivity contribution in [2.75, 3.05) is 0 Å². The van der Waals surface area contributed by atoms with Crippen molar-refractivity contribution in [1.29, 1.82) is 0 Å². The van der Waals surface area contributed by atoms with Crippen LogP contribution >= 0.6 is 0 Å². The molecule has 2 atom stereocenters. The zero-order chi connectivity index (χ0) is 14.4. The quantitative estimate of drug-likeness (QED) is 0.571. The lowest BCUT2D eigenvalue weighted by Gasteiger charge is -2.08. The van der Waals surface area contributed by atoms with E-state index in [4.69, 9.17) is 4.74 Å². The molecule has 18 heavy (non-hydrogen) atoms. The molecule has 1 heterocycles. The van der Waals surface area contributed by atoms with Gasteiger partial charge in [0.2, 0.25) is 0 Å². The maximum atomic E-state index is 5.80. The molecule has 1 aliphatic rings. The van der Waals surface area contributed by atoms with Gasteiger partial charge < -0.3 is 4.74 Å². The fourth-order valence-electron chi connectivity index (χ4n) is 1.65. The molecular formula is C17H32O. The smallest absolute Gasteiger partial charge is 0.0826 e. The summed E-state index contributed by atoms with van der Waals surface area (Å²) in [5.41, 5.74) is 1.20. The predicted octanol–water partition coefficient (Wildman–Crippen LogP) is 5.68. The Balaban J connectivity index is 0. The Labute approximate surface area is 115 Å². The normalized spacial score (nSPS) is 21.9. The van der Waals surface area contributed by atoms with Gasteiger partial charge in [-0.05, 0) is 18.4 Å². The van der Waals surface area contributed by atoms with Gasteiger partial charge in [-0.3, -0.25) is 0 Å². The molecule has 1 aliphatic heterocycles. The number of unbranched alkanes of at least 4 members (excludes halogenated alkanes) is 1. The minimum absolute atomic E-state index is 0.198. The summed E-state index contributed by atoms with van der Waals surface area (Å²) in [5, 5.41) is 0. The van der Waals surface area contributed by atoms with Crippen LogP contribution < -0.4 is 0 Å². The van der Waals surface area contributed by atoms with Gasteiger partial charge in [0.25, 0.3) is 0 Å². The van der Waals surface area contributed by atoms with Crippen molar-refractivity contribution < 1.29 is 4.74 Å². The summed E-state index contributed by atoms with van der Waals surface area (Å²) in [7, 11) is 0. The van der Waals surface area contributed by atoms with Crippen molar-refractivity contribution in [1.82, 2.24) is 0 Å². The molecule has 0 aromatic carbocycles. The Hall–Kier alpha value is -0.820. The fourth-order valence-corrected chi connectivity index (χ4v) is 1.65. The number of hydrogen-bond acceptors (Lipinski definition) is 1. The van der Waals surface area contributed by atoms with Crippen molar-refractivity contribution >= 4 is 0 Å².